The topological polar surface area (TPSA) is 29.9 Å². The minimum atomic E-state index is 0.304. The second-order valence-corrected chi connectivity index (χ2v) is 7.23. The molecule has 1 aromatic heterocycles. The van der Waals surface area contributed by atoms with Crippen LogP contribution in [0.2, 0.25) is 0 Å². The van der Waals surface area contributed by atoms with Crippen LogP contribution in [0.5, 0.6) is 0 Å². The fourth-order valence-corrected chi connectivity index (χ4v) is 2.30. The van der Waals surface area contributed by atoms with Gasteiger partial charge < -0.3 is 5.32 Å². The van der Waals surface area contributed by atoms with Crippen molar-refractivity contribution < 1.29 is 0 Å². The molecule has 1 unspecified atom stereocenters. The maximum Gasteiger partial charge on any atom is 0.0630 e. The molecule has 1 rings (SSSR count). The molecule has 0 radical (unpaired) electrons. The van der Waals surface area contributed by atoms with Gasteiger partial charge in [-0.25, -0.2) is 0 Å². The van der Waals surface area contributed by atoms with E-state index in [2.05, 4.69) is 63.8 Å². The van der Waals surface area contributed by atoms with Crippen LogP contribution in [0.15, 0.2) is 12.3 Å². The van der Waals surface area contributed by atoms with E-state index in [4.69, 9.17) is 5.10 Å². The van der Waals surface area contributed by atoms with Gasteiger partial charge in [-0.1, -0.05) is 34.6 Å². The summed E-state index contributed by atoms with van der Waals surface area (Å²) in [6.07, 6.45) is 5.50. The van der Waals surface area contributed by atoms with E-state index in [0.29, 0.717) is 11.5 Å². The summed E-state index contributed by atoms with van der Waals surface area (Å²) in [6.45, 7) is 15.8. The molecule has 0 aromatic carbocycles. The third kappa shape index (κ3) is 6.08. The molecule has 1 atom stereocenters. The lowest BCUT2D eigenvalue weighted by Gasteiger charge is -2.24. The summed E-state index contributed by atoms with van der Waals surface area (Å²) in [5.41, 5.74) is 1.53. The Morgan fingerprint density at radius 1 is 1.30 bits per heavy atom. The van der Waals surface area contributed by atoms with Gasteiger partial charge in [0.15, 0.2) is 0 Å². The van der Waals surface area contributed by atoms with Crippen molar-refractivity contribution in [2.75, 3.05) is 13.1 Å². The van der Waals surface area contributed by atoms with E-state index in [1.807, 2.05) is 0 Å². The van der Waals surface area contributed by atoms with Crippen LogP contribution in [0.3, 0.4) is 0 Å². The first kappa shape index (κ1) is 17.2. The van der Waals surface area contributed by atoms with Crippen LogP contribution in [0.4, 0.5) is 0 Å². The Morgan fingerprint density at radius 2 is 2.00 bits per heavy atom. The SMILES string of the molecule is CCC(C)n1ccc(CC(C)(C)CCNCC(C)C)n1. The van der Waals surface area contributed by atoms with Crippen LogP contribution in [0, 0.1) is 11.3 Å². The number of rotatable bonds is 9. The predicted molar refractivity (Wildman–Crippen MR) is 87.0 cm³/mol. The van der Waals surface area contributed by atoms with Crippen molar-refractivity contribution in [3.8, 4) is 0 Å². The average molecular weight is 279 g/mol. The Hall–Kier alpha value is -0.830. The maximum absolute atomic E-state index is 4.72. The highest BCUT2D eigenvalue weighted by Gasteiger charge is 2.20. The zero-order chi connectivity index (χ0) is 15.2. The number of hydrogen-bond acceptors (Lipinski definition) is 2. The van der Waals surface area contributed by atoms with E-state index in [1.54, 1.807) is 0 Å². The minimum Gasteiger partial charge on any atom is -0.316 e. The van der Waals surface area contributed by atoms with E-state index in [9.17, 15) is 0 Å². The van der Waals surface area contributed by atoms with Crippen molar-refractivity contribution >= 4 is 0 Å². The summed E-state index contributed by atoms with van der Waals surface area (Å²) in [5.74, 6) is 0.726. The third-order valence-corrected chi connectivity index (χ3v) is 3.90. The quantitative estimate of drug-likeness (QED) is 0.691. The lowest BCUT2D eigenvalue weighted by atomic mass is 9.84. The van der Waals surface area contributed by atoms with Crippen LogP contribution in [0.25, 0.3) is 0 Å². The van der Waals surface area contributed by atoms with Gasteiger partial charge in [-0.15, -0.1) is 0 Å². The monoisotopic (exact) mass is 279 g/mol. The van der Waals surface area contributed by atoms with Crippen molar-refractivity contribution in [2.45, 2.75) is 66.8 Å². The third-order valence-electron chi connectivity index (χ3n) is 3.90. The van der Waals surface area contributed by atoms with Gasteiger partial charge in [0.25, 0.3) is 0 Å². The zero-order valence-electron chi connectivity index (χ0n) is 14.2. The van der Waals surface area contributed by atoms with Gasteiger partial charge in [-0.2, -0.15) is 5.10 Å². The van der Waals surface area contributed by atoms with Crippen molar-refractivity contribution in [1.82, 2.24) is 15.1 Å². The zero-order valence-corrected chi connectivity index (χ0v) is 14.2. The number of hydrogen-bond donors (Lipinski definition) is 1. The van der Waals surface area contributed by atoms with E-state index < -0.39 is 0 Å². The van der Waals surface area contributed by atoms with Gasteiger partial charge in [-0.3, -0.25) is 4.68 Å². The molecular formula is C17H33N3. The van der Waals surface area contributed by atoms with Gasteiger partial charge in [0.1, 0.15) is 0 Å². The Kier molecular flexibility index (Phi) is 6.74. The van der Waals surface area contributed by atoms with Crippen molar-refractivity contribution in [1.29, 1.82) is 0 Å². The average Bonchev–Trinajstić information content (AvgIpc) is 2.81. The van der Waals surface area contributed by atoms with E-state index in [-0.39, 0.29) is 0 Å². The highest BCUT2D eigenvalue weighted by molar-refractivity contribution is 5.02. The Morgan fingerprint density at radius 3 is 2.60 bits per heavy atom. The van der Waals surface area contributed by atoms with E-state index in [1.165, 1.54) is 12.1 Å². The standard InChI is InChI=1S/C17H33N3/c1-7-15(4)20-11-8-16(19-20)12-17(5,6)9-10-18-13-14(2)3/h8,11,14-15,18H,7,9-10,12-13H2,1-6H3. The second kappa shape index (κ2) is 7.82. The Bertz CT molecular complexity index is 379. The predicted octanol–water partition coefficient (Wildman–Crippen LogP) is 4.06. The van der Waals surface area contributed by atoms with Gasteiger partial charge in [0.05, 0.1) is 5.69 Å². The van der Waals surface area contributed by atoms with Crippen molar-refractivity contribution in [3.63, 3.8) is 0 Å². The molecule has 0 bridgehead atoms. The summed E-state index contributed by atoms with van der Waals surface area (Å²) in [4.78, 5) is 0. The summed E-state index contributed by atoms with van der Waals surface area (Å²) in [7, 11) is 0. The van der Waals surface area contributed by atoms with Gasteiger partial charge in [-0.05, 0) is 56.7 Å². The molecule has 3 nitrogen and oxygen atoms in total. The first-order valence-corrected chi connectivity index (χ1v) is 8.09. The highest BCUT2D eigenvalue weighted by Crippen LogP contribution is 2.25. The normalized spacial score (nSPS) is 13.9. The molecule has 0 aliphatic carbocycles. The van der Waals surface area contributed by atoms with Gasteiger partial charge in [0.2, 0.25) is 0 Å². The maximum atomic E-state index is 4.72. The molecule has 0 aliphatic rings. The summed E-state index contributed by atoms with van der Waals surface area (Å²) >= 11 is 0. The largest absolute Gasteiger partial charge is 0.316 e. The summed E-state index contributed by atoms with van der Waals surface area (Å²) < 4.78 is 2.10. The van der Waals surface area contributed by atoms with Crippen LogP contribution >= 0.6 is 0 Å². The van der Waals surface area contributed by atoms with Crippen LogP contribution < -0.4 is 5.32 Å². The molecular weight excluding hydrogens is 246 g/mol. The molecule has 1 N–H and O–H groups in total. The molecule has 116 valence electrons. The molecule has 0 spiro atoms. The van der Waals surface area contributed by atoms with E-state index in [0.717, 1.165) is 31.8 Å². The van der Waals surface area contributed by atoms with Crippen LogP contribution in [-0.2, 0) is 6.42 Å². The Balaban J connectivity index is 2.43. The molecule has 1 heterocycles. The second-order valence-electron chi connectivity index (χ2n) is 7.23. The summed E-state index contributed by atoms with van der Waals surface area (Å²) in [6, 6.07) is 2.68. The van der Waals surface area contributed by atoms with Gasteiger partial charge in [0, 0.05) is 12.2 Å². The Labute approximate surface area is 125 Å². The van der Waals surface area contributed by atoms with Crippen LogP contribution in [-0.4, -0.2) is 22.9 Å². The molecule has 0 aliphatic heterocycles. The molecule has 0 amide bonds. The molecule has 0 saturated carbocycles. The lowest BCUT2D eigenvalue weighted by molar-refractivity contribution is 0.317. The van der Waals surface area contributed by atoms with Crippen LogP contribution in [0.1, 0.15) is 66.1 Å². The molecule has 3 heteroatoms. The number of aromatic nitrogens is 2. The molecule has 0 saturated heterocycles. The highest BCUT2D eigenvalue weighted by atomic mass is 15.3. The lowest BCUT2D eigenvalue weighted by Crippen LogP contribution is -2.26. The molecule has 0 fully saturated rings. The first-order chi connectivity index (χ1) is 9.34. The molecule has 20 heavy (non-hydrogen) atoms. The summed E-state index contributed by atoms with van der Waals surface area (Å²) in [5, 5.41) is 8.25. The van der Waals surface area contributed by atoms with E-state index >= 15 is 0 Å². The minimum absolute atomic E-state index is 0.304. The smallest absolute Gasteiger partial charge is 0.0630 e. The fourth-order valence-electron chi connectivity index (χ4n) is 2.30. The van der Waals surface area contributed by atoms with Gasteiger partial charge >= 0.3 is 0 Å². The first-order valence-electron chi connectivity index (χ1n) is 8.09. The number of nitrogens with zero attached hydrogens (tertiary/aromatic N) is 2. The van der Waals surface area contributed by atoms with Crippen molar-refractivity contribution in [2.24, 2.45) is 11.3 Å². The fraction of sp³-hybridized carbons (Fsp3) is 0.824. The number of nitrogens with one attached hydrogen (secondary N) is 1. The van der Waals surface area contributed by atoms with Crippen molar-refractivity contribution in [3.05, 3.63) is 18.0 Å². The molecule has 1 aromatic rings.